The lowest BCUT2D eigenvalue weighted by atomic mass is 10.0. The van der Waals surface area contributed by atoms with Crippen LogP contribution in [-0.2, 0) is 0 Å². The molecule has 3 N–H and O–H groups in total. The van der Waals surface area contributed by atoms with Crippen LogP contribution in [0.4, 0.5) is 0 Å². The van der Waals surface area contributed by atoms with Crippen molar-refractivity contribution in [1.82, 2.24) is 4.57 Å². The maximum atomic E-state index is 10.7. The summed E-state index contributed by atoms with van der Waals surface area (Å²) in [6, 6.07) is 10.8. The highest BCUT2D eigenvalue weighted by atomic mass is 16.3. The molecule has 4 nitrogen and oxygen atoms in total. The topological polar surface area (TPSA) is 65.6 Å². The van der Waals surface area contributed by atoms with Gasteiger partial charge in [0.2, 0.25) is 11.8 Å². The molecule has 0 unspecified atom stereocenters. The van der Waals surface area contributed by atoms with E-state index in [1.807, 2.05) is 24.3 Å². The number of allylic oxidation sites excluding steroid dienone is 2. The highest BCUT2D eigenvalue weighted by molar-refractivity contribution is 5.92. The summed E-state index contributed by atoms with van der Waals surface area (Å²) >= 11 is 0. The van der Waals surface area contributed by atoms with Gasteiger partial charge in [0, 0.05) is 28.3 Å². The van der Waals surface area contributed by atoms with Crippen LogP contribution in [0.2, 0.25) is 0 Å². The van der Waals surface area contributed by atoms with Gasteiger partial charge in [0.25, 0.3) is 0 Å². The normalized spacial score (nSPS) is 21.2. The molecular formula is C19H15NO3. The van der Waals surface area contributed by atoms with Crippen LogP contribution < -0.4 is 0 Å². The molecule has 1 aromatic heterocycles. The lowest BCUT2D eigenvalue weighted by Crippen LogP contribution is -1.96. The molecule has 5 rings (SSSR count). The molecule has 2 aromatic carbocycles. The van der Waals surface area contributed by atoms with E-state index >= 15 is 0 Å². The van der Waals surface area contributed by atoms with Gasteiger partial charge in [-0.3, -0.25) is 4.57 Å². The Balaban J connectivity index is 1.84. The first kappa shape index (κ1) is 12.6. The van der Waals surface area contributed by atoms with E-state index in [-0.39, 0.29) is 29.3 Å². The van der Waals surface area contributed by atoms with E-state index in [0.717, 1.165) is 28.3 Å². The van der Waals surface area contributed by atoms with Gasteiger partial charge in [-0.1, -0.05) is 30.4 Å². The number of rotatable bonds is 1. The monoisotopic (exact) mass is 305 g/mol. The summed E-state index contributed by atoms with van der Waals surface area (Å²) in [5.41, 5.74) is 2.35. The van der Waals surface area contributed by atoms with Crippen LogP contribution in [0.1, 0.15) is 29.4 Å². The number of phenolic OH excluding ortho intramolecular Hbond substituents is 1. The van der Waals surface area contributed by atoms with E-state index in [2.05, 4.69) is 12.2 Å². The predicted molar refractivity (Wildman–Crippen MR) is 87.5 cm³/mol. The van der Waals surface area contributed by atoms with Crippen molar-refractivity contribution in [1.29, 1.82) is 0 Å². The minimum absolute atomic E-state index is 0.102. The third kappa shape index (κ3) is 1.50. The molecule has 0 aliphatic heterocycles. The zero-order valence-corrected chi connectivity index (χ0v) is 12.3. The Morgan fingerprint density at radius 2 is 1.57 bits per heavy atom. The van der Waals surface area contributed by atoms with Crippen molar-refractivity contribution < 1.29 is 15.3 Å². The minimum Gasteiger partial charge on any atom is -0.508 e. The fraction of sp³-hybridized carbons (Fsp3) is 0.158. The molecule has 2 bridgehead atoms. The number of benzene rings is 2. The highest BCUT2D eigenvalue weighted by Crippen LogP contribution is 2.57. The van der Waals surface area contributed by atoms with E-state index < -0.39 is 0 Å². The lowest BCUT2D eigenvalue weighted by molar-refractivity contribution is 0.396. The molecule has 0 spiro atoms. The van der Waals surface area contributed by atoms with Gasteiger partial charge in [-0.05, 0) is 30.0 Å². The highest BCUT2D eigenvalue weighted by Gasteiger charge is 2.41. The molecule has 114 valence electrons. The SMILES string of the molecule is Oc1ccc2cccc(-n3c(O)c4c(c3O)[C@H]3C=C[C@@H]4C3)c2c1. The molecule has 0 fully saturated rings. The fourth-order valence-electron chi connectivity index (χ4n) is 4.11. The van der Waals surface area contributed by atoms with Gasteiger partial charge in [-0.15, -0.1) is 0 Å². The maximum absolute atomic E-state index is 10.7. The molecule has 0 amide bonds. The fourth-order valence-corrected chi connectivity index (χ4v) is 4.11. The molecule has 3 aromatic rings. The van der Waals surface area contributed by atoms with Gasteiger partial charge in [0.1, 0.15) is 5.75 Å². The molecule has 23 heavy (non-hydrogen) atoms. The molecule has 0 saturated carbocycles. The van der Waals surface area contributed by atoms with E-state index in [1.54, 1.807) is 12.1 Å². The van der Waals surface area contributed by atoms with Crippen LogP contribution in [0, 0.1) is 0 Å². The minimum atomic E-state index is 0.102. The Hall–Kier alpha value is -2.88. The van der Waals surface area contributed by atoms with Gasteiger partial charge >= 0.3 is 0 Å². The first-order valence-corrected chi connectivity index (χ1v) is 7.72. The van der Waals surface area contributed by atoms with E-state index in [1.165, 1.54) is 4.57 Å². The van der Waals surface area contributed by atoms with Crippen molar-refractivity contribution in [2.45, 2.75) is 18.3 Å². The lowest BCUT2D eigenvalue weighted by Gasteiger charge is -2.13. The van der Waals surface area contributed by atoms with Crippen LogP contribution in [0.3, 0.4) is 0 Å². The molecule has 4 heteroatoms. The molecule has 0 saturated heterocycles. The maximum Gasteiger partial charge on any atom is 0.202 e. The van der Waals surface area contributed by atoms with Gasteiger partial charge in [0.05, 0.1) is 5.69 Å². The van der Waals surface area contributed by atoms with Crippen LogP contribution in [0.25, 0.3) is 16.5 Å². The average Bonchev–Trinajstić information content (AvgIpc) is 3.21. The standard InChI is InChI=1S/C19H15NO3/c21-13-7-6-10-2-1-3-15(14(10)9-13)20-18(22)16-11-4-5-12(8-11)17(16)19(20)23/h1-7,9,11-12,21-23H,8H2/t11-,12+. The van der Waals surface area contributed by atoms with E-state index in [4.69, 9.17) is 0 Å². The van der Waals surface area contributed by atoms with Crippen molar-refractivity contribution >= 4 is 10.8 Å². The third-order valence-corrected chi connectivity index (χ3v) is 5.10. The Bertz CT molecular complexity index is 964. The van der Waals surface area contributed by atoms with Gasteiger partial charge in [-0.2, -0.15) is 0 Å². The zero-order chi connectivity index (χ0) is 15.7. The Morgan fingerprint density at radius 3 is 2.26 bits per heavy atom. The van der Waals surface area contributed by atoms with Crippen LogP contribution in [0.15, 0.2) is 48.6 Å². The molecule has 0 radical (unpaired) electrons. The molecule has 1 heterocycles. The number of aromatic nitrogens is 1. The average molecular weight is 305 g/mol. The summed E-state index contributed by atoms with van der Waals surface area (Å²) in [5.74, 6) is 0.733. The number of nitrogens with zero attached hydrogens (tertiary/aromatic N) is 1. The van der Waals surface area contributed by atoms with Crippen LogP contribution >= 0.6 is 0 Å². The molecular weight excluding hydrogens is 290 g/mol. The smallest absolute Gasteiger partial charge is 0.202 e. The largest absolute Gasteiger partial charge is 0.508 e. The number of aromatic hydroxyl groups is 3. The third-order valence-electron chi connectivity index (χ3n) is 5.10. The second kappa shape index (κ2) is 4.10. The van der Waals surface area contributed by atoms with Crippen molar-refractivity contribution in [3.8, 4) is 23.2 Å². The Labute approximate surface area is 132 Å². The number of hydrogen-bond donors (Lipinski definition) is 3. The van der Waals surface area contributed by atoms with Crippen molar-refractivity contribution in [2.75, 3.05) is 0 Å². The summed E-state index contributed by atoms with van der Waals surface area (Å²) < 4.78 is 1.50. The van der Waals surface area contributed by atoms with Crippen LogP contribution in [0.5, 0.6) is 17.5 Å². The number of phenols is 1. The summed E-state index contributed by atoms with van der Waals surface area (Å²) in [6.07, 6.45) is 5.14. The van der Waals surface area contributed by atoms with Crippen LogP contribution in [-0.4, -0.2) is 19.9 Å². The first-order chi connectivity index (χ1) is 11.1. The zero-order valence-electron chi connectivity index (χ0n) is 12.3. The van der Waals surface area contributed by atoms with Crippen molar-refractivity contribution in [3.63, 3.8) is 0 Å². The van der Waals surface area contributed by atoms with E-state index in [9.17, 15) is 15.3 Å². The van der Waals surface area contributed by atoms with E-state index in [0.29, 0.717) is 5.69 Å². The number of hydrogen-bond acceptors (Lipinski definition) is 3. The second-order valence-electron chi connectivity index (χ2n) is 6.33. The summed E-state index contributed by atoms with van der Waals surface area (Å²) in [6.45, 7) is 0. The van der Waals surface area contributed by atoms with Gasteiger partial charge < -0.3 is 15.3 Å². The Kier molecular flexibility index (Phi) is 2.25. The summed E-state index contributed by atoms with van der Waals surface area (Å²) in [4.78, 5) is 0. The second-order valence-corrected chi connectivity index (χ2v) is 6.33. The molecule has 2 atom stereocenters. The van der Waals surface area contributed by atoms with Crippen molar-refractivity contribution in [2.24, 2.45) is 0 Å². The predicted octanol–water partition coefficient (Wildman–Crippen LogP) is 3.89. The van der Waals surface area contributed by atoms with Gasteiger partial charge in [-0.25, -0.2) is 0 Å². The summed E-state index contributed by atoms with van der Waals surface area (Å²) in [7, 11) is 0. The summed E-state index contributed by atoms with van der Waals surface area (Å²) in [5, 5.41) is 33.0. The molecule has 2 aliphatic rings. The van der Waals surface area contributed by atoms with Gasteiger partial charge in [0.15, 0.2) is 0 Å². The first-order valence-electron chi connectivity index (χ1n) is 7.72. The van der Waals surface area contributed by atoms with Crippen molar-refractivity contribution in [3.05, 3.63) is 59.7 Å². The molecule has 2 aliphatic carbocycles. The quantitative estimate of drug-likeness (QED) is 0.598. The Morgan fingerprint density at radius 1 is 0.870 bits per heavy atom. The number of fused-ring (bicyclic) bond motifs is 6.